The quantitative estimate of drug-likeness (QED) is 0.774. The van der Waals surface area contributed by atoms with E-state index in [1.165, 1.54) is 31.2 Å². The van der Waals surface area contributed by atoms with Crippen molar-refractivity contribution in [3.63, 3.8) is 0 Å². The summed E-state index contributed by atoms with van der Waals surface area (Å²) >= 11 is 0. The van der Waals surface area contributed by atoms with Crippen molar-refractivity contribution in [1.29, 1.82) is 0 Å². The molecule has 0 amide bonds. The zero-order valence-electron chi connectivity index (χ0n) is 12.2. The number of benzene rings is 1. The van der Waals surface area contributed by atoms with Gasteiger partial charge in [-0.15, -0.1) is 0 Å². The summed E-state index contributed by atoms with van der Waals surface area (Å²) in [6, 6.07) is 4.98. The van der Waals surface area contributed by atoms with Crippen molar-refractivity contribution in [2.75, 3.05) is 6.54 Å². The Labute approximate surface area is 124 Å². The molecule has 1 rings (SSSR count). The van der Waals surface area contributed by atoms with Crippen molar-refractivity contribution in [2.45, 2.75) is 38.1 Å². The molecule has 0 aliphatic carbocycles. The van der Waals surface area contributed by atoms with Gasteiger partial charge >= 0.3 is 5.97 Å². The summed E-state index contributed by atoms with van der Waals surface area (Å²) in [5.41, 5.74) is 0.426. The van der Waals surface area contributed by atoms with E-state index in [2.05, 4.69) is 0 Å². The first-order valence-corrected chi connectivity index (χ1v) is 7.98. The molecule has 6 nitrogen and oxygen atoms in total. The normalized spacial score (nSPS) is 13.1. The summed E-state index contributed by atoms with van der Waals surface area (Å²) in [6.45, 7) is 4.78. The molecule has 0 radical (unpaired) electrons. The highest BCUT2D eigenvalue weighted by atomic mass is 32.2. The third-order valence-electron chi connectivity index (χ3n) is 3.14. The van der Waals surface area contributed by atoms with Gasteiger partial charge in [0.2, 0.25) is 10.0 Å². The molecule has 0 saturated carbocycles. The standard InChI is InChI=1S/C14H19NO5S/c1-4-15(10(2)9-14(17)18)21(19,20)13-7-5-12(6-8-13)11(3)16/h5-8,10H,4,9H2,1-3H3,(H,17,18). The highest BCUT2D eigenvalue weighted by molar-refractivity contribution is 7.89. The third kappa shape index (κ3) is 4.12. The molecule has 1 atom stereocenters. The van der Waals surface area contributed by atoms with Crippen LogP contribution in [0.5, 0.6) is 0 Å². The van der Waals surface area contributed by atoms with Crippen LogP contribution in [0.4, 0.5) is 0 Å². The Morgan fingerprint density at radius 3 is 2.14 bits per heavy atom. The summed E-state index contributed by atoms with van der Waals surface area (Å²) in [5, 5.41) is 8.80. The average Bonchev–Trinajstić information content (AvgIpc) is 2.38. The number of sulfonamides is 1. The number of hydrogen-bond donors (Lipinski definition) is 1. The SMILES string of the molecule is CCN(C(C)CC(=O)O)S(=O)(=O)c1ccc(C(C)=O)cc1. The number of carboxylic acids is 1. The first-order chi connectivity index (χ1) is 9.70. The predicted octanol–water partition coefficient (Wildman–Crippen LogP) is 1.76. The summed E-state index contributed by atoms with van der Waals surface area (Å²) in [7, 11) is -3.78. The number of carbonyl (C=O) groups is 2. The first-order valence-electron chi connectivity index (χ1n) is 6.54. The van der Waals surface area contributed by atoms with Crippen molar-refractivity contribution >= 4 is 21.8 Å². The van der Waals surface area contributed by atoms with E-state index >= 15 is 0 Å². The van der Waals surface area contributed by atoms with Gasteiger partial charge in [-0.25, -0.2) is 8.42 Å². The highest BCUT2D eigenvalue weighted by Gasteiger charge is 2.28. The van der Waals surface area contributed by atoms with Gasteiger partial charge in [-0.2, -0.15) is 4.31 Å². The Balaban J connectivity index is 3.12. The monoisotopic (exact) mass is 313 g/mol. The minimum absolute atomic E-state index is 0.0478. The number of nitrogens with zero attached hydrogens (tertiary/aromatic N) is 1. The van der Waals surface area contributed by atoms with Crippen LogP contribution in [0.25, 0.3) is 0 Å². The van der Waals surface area contributed by atoms with Crippen molar-refractivity contribution in [3.05, 3.63) is 29.8 Å². The molecule has 0 aliphatic heterocycles. The van der Waals surface area contributed by atoms with E-state index in [0.29, 0.717) is 5.56 Å². The van der Waals surface area contributed by atoms with Gasteiger partial charge < -0.3 is 5.11 Å². The van der Waals surface area contributed by atoms with Gasteiger partial charge in [-0.1, -0.05) is 19.1 Å². The molecule has 0 saturated heterocycles. The first kappa shape index (κ1) is 17.3. The number of hydrogen-bond acceptors (Lipinski definition) is 4. The molecule has 0 heterocycles. The molecule has 0 bridgehead atoms. The fraction of sp³-hybridized carbons (Fsp3) is 0.429. The van der Waals surface area contributed by atoms with Crippen LogP contribution in [0.15, 0.2) is 29.2 Å². The van der Waals surface area contributed by atoms with Crippen molar-refractivity contribution in [2.24, 2.45) is 0 Å². The maximum Gasteiger partial charge on any atom is 0.304 e. The predicted molar refractivity (Wildman–Crippen MR) is 77.7 cm³/mol. The summed E-state index contributed by atoms with van der Waals surface area (Å²) in [5.74, 6) is -1.20. The van der Waals surface area contributed by atoms with Crippen LogP contribution in [0.1, 0.15) is 37.6 Å². The lowest BCUT2D eigenvalue weighted by atomic mass is 10.2. The Hall–Kier alpha value is -1.73. The number of carboxylic acid groups (broad SMARTS) is 1. The lowest BCUT2D eigenvalue weighted by Crippen LogP contribution is -2.39. The van der Waals surface area contributed by atoms with Crippen LogP contribution in [0, 0.1) is 0 Å². The largest absolute Gasteiger partial charge is 0.481 e. The van der Waals surface area contributed by atoms with Gasteiger partial charge in [0.25, 0.3) is 0 Å². The molecule has 0 aliphatic rings. The van der Waals surface area contributed by atoms with Gasteiger partial charge in [-0.05, 0) is 26.0 Å². The average molecular weight is 313 g/mol. The lowest BCUT2D eigenvalue weighted by Gasteiger charge is -2.26. The van der Waals surface area contributed by atoms with Gasteiger partial charge in [-0.3, -0.25) is 9.59 Å². The van der Waals surface area contributed by atoms with Gasteiger partial charge in [0.05, 0.1) is 11.3 Å². The number of aliphatic carboxylic acids is 1. The molecule has 1 aromatic carbocycles. The Morgan fingerprint density at radius 2 is 1.76 bits per heavy atom. The molecule has 1 N–H and O–H groups in total. The molecule has 1 aromatic rings. The van der Waals surface area contributed by atoms with Crippen LogP contribution in [-0.4, -0.2) is 42.2 Å². The minimum atomic E-state index is -3.78. The smallest absolute Gasteiger partial charge is 0.304 e. The number of rotatable bonds is 7. The second-order valence-corrected chi connectivity index (χ2v) is 6.63. The second-order valence-electron chi connectivity index (χ2n) is 4.74. The zero-order chi connectivity index (χ0) is 16.2. The van der Waals surface area contributed by atoms with Crippen LogP contribution < -0.4 is 0 Å². The molecule has 7 heteroatoms. The Kier molecular flexibility index (Phi) is 5.62. The lowest BCUT2D eigenvalue weighted by molar-refractivity contribution is -0.137. The van der Waals surface area contributed by atoms with Crippen LogP contribution in [-0.2, 0) is 14.8 Å². The maximum absolute atomic E-state index is 12.5. The number of Topliss-reactive ketones (excluding diaryl/α,β-unsaturated/α-hetero) is 1. The van der Waals surface area contributed by atoms with Crippen molar-refractivity contribution in [3.8, 4) is 0 Å². The van der Waals surface area contributed by atoms with Gasteiger partial charge in [0.15, 0.2) is 5.78 Å². The Bertz CT molecular complexity index is 621. The van der Waals surface area contributed by atoms with Crippen LogP contribution in [0.2, 0.25) is 0 Å². The zero-order valence-corrected chi connectivity index (χ0v) is 13.1. The van der Waals surface area contributed by atoms with E-state index < -0.39 is 22.0 Å². The van der Waals surface area contributed by atoms with Crippen LogP contribution in [0.3, 0.4) is 0 Å². The molecule has 0 spiro atoms. The van der Waals surface area contributed by atoms with Crippen molar-refractivity contribution in [1.82, 2.24) is 4.31 Å². The Morgan fingerprint density at radius 1 is 1.24 bits per heavy atom. The third-order valence-corrected chi connectivity index (χ3v) is 5.24. The summed E-state index contributed by atoms with van der Waals surface area (Å²) < 4.78 is 26.2. The van der Waals surface area contributed by atoms with E-state index in [0.717, 1.165) is 4.31 Å². The molecule has 116 valence electrons. The van der Waals surface area contributed by atoms with Crippen molar-refractivity contribution < 1.29 is 23.1 Å². The minimum Gasteiger partial charge on any atom is -0.481 e. The number of ketones is 1. The fourth-order valence-electron chi connectivity index (χ4n) is 2.07. The van der Waals surface area contributed by atoms with Gasteiger partial charge in [0, 0.05) is 18.2 Å². The fourth-order valence-corrected chi connectivity index (χ4v) is 3.71. The molecule has 0 fully saturated rings. The molecule has 1 unspecified atom stereocenters. The molecule has 21 heavy (non-hydrogen) atoms. The summed E-state index contributed by atoms with van der Waals surface area (Å²) in [6.07, 6.45) is -0.265. The van der Waals surface area contributed by atoms with E-state index in [-0.39, 0.29) is 23.6 Å². The van der Waals surface area contributed by atoms with E-state index in [1.54, 1.807) is 13.8 Å². The molecular weight excluding hydrogens is 294 g/mol. The molecular formula is C14H19NO5S. The van der Waals surface area contributed by atoms with E-state index in [1.807, 2.05) is 0 Å². The highest BCUT2D eigenvalue weighted by Crippen LogP contribution is 2.20. The molecule has 0 aromatic heterocycles. The topological polar surface area (TPSA) is 91.8 Å². The van der Waals surface area contributed by atoms with E-state index in [4.69, 9.17) is 5.11 Å². The maximum atomic E-state index is 12.5. The number of carbonyl (C=O) groups excluding carboxylic acids is 1. The van der Waals surface area contributed by atoms with E-state index in [9.17, 15) is 18.0 Å². The van der Waals surface area contributed by atoms with Crippen LogP contribution >= 0.6 is 0 Å². The summed E-state index contributed by atoms with van der Waals surface area (Å²) in [4.78, 5) is 22.0. The van der Waals surface area contributed by atoms with Gasteiger partial charge in [0.1, 0.15) is 0 Å². The second kappa shape index (κ2) is 6.82.